The van der Waals surface area contributed by atoms with Crippen LogP contribution >= 0.6 is 31.9 Å². The molecule has 462 valence electrons. The lowest BCUT2D eigenvalue weighted by molar-refractivity contribution is 0.425. The van der Waals surface area contributed by atoms with Gasteiger partial charge in [0.25, 0.3) is 0 Å². The first-order chi connectivity index (χ1) is 48.3. The molecule has 0 spiro atoms. The smallest absolute Gasteiger partial charge is 0.423 e. The van der Waals surface area contributed by atoms with Crippen molar-refractivity contribution in [2.24, 2.45) is 0 Å². The summed E-state index contributed by atoms with van der Waals surface area (Å²) in [5, 5.41) is 35.4. The monoisotopic (exact) mass is 1390 g/mol. The van der Waals surface area contributed by atoms with Crippen LogP contribution in [0.5, 0.6) is 0 Å². The molecule has 0 saturated heterocycles. The number of nitrogens with zero attached hydrogens (tertiary/aromatic N) is 7. The zero-order valence-electron chi connectivity index (χ0n) is 52.4. The minimum absolute atomic E-state index is 0.486. The third-order valence-corrected chi connectivity index (χ3v) is 20.0. The Bertz CT molecular complexity index is 6140. The van der Waals surface area contributed by atoms with Crippen LogP contribution in [0.1, 0.15) is 0 Å². The van der Waals surface area contributed by atoms with Crippen LogP contribution < -0.4 is 5.46 Å². The van der Waals surface area contributed by atoms with Crippen molar-refractivity contribution in [1.82, 2.24) is 33.6 Å². The zero-order chi connectivity index (χ0) is 65.5. The minimum atomic E-state index is -1.46. The van der Waals surface area contributed by atoms with Crippen LogP contribution in [0.15, 0.2) is 325 Å². The maximum absolute atomic E-state index is 9.42. The molecule has 0 fully saturated rings. The van der Waals surface area contributed by atoms with E-state index in [1.165, 1.54) is 65.2 Å². The number of benzene rings is 15. The molecule has 9 nitrogen and oxygen atoms in total. The van der Waals surface area contributed by atoms with Crippen molar-refractivity contribution in [3.8, 4) is 39.3 Å². The summed E-state index contributed by atoms with van der Waals surface area (Å²) in [6.07, 6.45) is 7.08. The van der Waals surface area contributed by atoms with E-state index in [0.717, 1.165) is 114 Å². The summed E-state index contributed by atoms with van der Waals surface area (Å²) in [5.41, 5.74) is 19.1. The van der Waals surface area contributed by atoms with Crippen molar-refractivity contribution >= 4 is 175 Å². The summed E-state index contributed by atoms with van der Waals surface area (Å²) in [5.74, 6) is 0. The molecule has 0 aliphatic rings. The predicted octanol–water partition coefficient (Wildman–Crippen LogP) is 21.4. The summed E-state index contributed by atoms with van der Waals surface area (Å²) in [4.78, 5) is 18.8. The van der Waals surface area contributed by atoms with Gasteiger partial charge in [-0.25, -0.2) is 0 Å². The summed E-state index contributed by atoms with van der Waals surface area (Å²) < 4.78 is 9.04. The van der Waals surface area contributed by atoms with Crippen LogP contribution in [0.25, 0.3) is 170 Å². The quantitative estimate of drug-likeness (QED) is 0.127. The van der Waals surface area contributed by atoms with Crippen LogP contribution in [0, 0.1) is 0 Å². The molecule has 0 amide bonds. The zero-order valence-corrected chi connectivity index (χ0v) is 55.6. The average Bonchev–Trinajstić information content (AvgIpc) is 1.70. The second kappa shape index (κ2) is 24.2. The molecule has 2 N–H and O–H groups in total. The van der Waals surface area contributed by atoms with Crippen LogP contribution in [-0.2, 0) is 0 Å². The van der Waals surface area contributed by atoms with Crippen LogP contribution in [0.3, 0.4) is 0 Å². The van der Waals surface area contributed by atoms with Gasteiger partial charge < -0.3 is 23.7 Å². The van der Waals surface area contributed by atoms with E-state index in [0.29, 0.717) is 5.46 Å². The van der Waals surface area contributed by atoms with Crippen LogP contribution in [0.4, 0.5) is 0 Å². The van der Waals surface area contributed by atoms with Gasteiger partial charge in [-0.3, -0.25) is 19.9 Å². The molecular weight excluding hydrogens is 1330 g/mol. The Kier molecular flexibility index (Phi) is 14.6. The highest BCUT2D eigenvalue weighted by molar-refractivity contribution is 9.10. The van der Waals surface area contributed by atoms with Gasteiger partial charge in [-0.2, -0.15) is 0 Å². The van der Waals surface area contributed by atoms with Crippen LogP contribution in [-0.4, -0.2) is 50.8 Å². The Hall–Kier alpha value is -11.6. The van der Waals surface area contributed by atoms with Crippen LogP contribution in [0.2, 0.25) is 0 Å². The molecule has 0 aliphatic carbocycles. The molecule has 5 heterocycles. The van der Waals surface area contributed by atoms with E-state index >= 15 is 0 Å². The fourth-order valence-electron chi connectivity index (χ4n) is 14.7. The molecule has 0 bridgehead atoms. The van der Waals surface area contributed by atoms with E-state index in [4.69, 9.17) is 9.97 Å². The molecule has 15 aromatic carbocycles. The predicted molar refractivity (Wildman–Crippen MR) is 415 cm³/mol. The number of rotatable bonds is 6. The Labute approximate surface area is 578 Å². The van der Waals surface area contributed by atoms with Crippen molar-refractivity contribution in [2.45, 2.75) is 0 Å². The van der Waals surface area contributed by atoms with Gasteiger partial charge in [0.1, 0.15) is 0 Å². The lowest BCUT2D eigenvalue weighted by Crippen LogP contribution is -2.29. The van der Waals surface area contributed by atoms with E-state index in [1.54, 1.807) is 30.9 Å². The lowest BCUT2D eigenvalue weighted by Gasteiger charge is -2.14. The lowest BCUT2D eigenvalue weighted by atomic mass is 9.80. The first-order valence-electron chi connectivity index (χ1n) is 32.4. The highest BCUT2D eigenvalue weighted by Gasteiger charge is 2.20. The number of hydrogen-bond donors (Lipinski definition) is 2. The van der Waals surface area contributed by atoms with Crippen molar-refractivity contribution in [3.05, 3.63) is 325 Å². The first-order valence-corrected chi connectivity index (χ1v) is 34.0. The Morgan fingerprint density at radius 3 is 0.837 bits per heavy atom. The molecule has 12 heteroatoms. The van der Waals surface area contributed by atoms with E-state index in [-0.39, 0.29) is 0 Å². The Morgan fingerprint density at radius 2 is 0.510 bits per heavy atom. The standard InChI is InChI=1S/C52H32N4.C18H14BNO2.C16H8Br2N2/c1-5-19-47-39(15-1)40-16-2-6-20-48(40)55(47)37-13-9-11-33(29-37)35-23-25-43-45(31-35)46-32-36(24-26-44(46)52-51(43)53-27-28-54-52)34-12-10-14-38(30-34)56-49-21-7-3-17-41(49)42-18-4-8-22-50(42)56;21-19(22)13-6-5-7-14(12-13)20-17-10-3-1-8-15(17)16-9-2-4-11-18(16)20;17-9-1-3-11-13(7-9)14-8-10(18)2-4-12(14)16-15(11)19-5-6-20-16/h1-32H;1-12,21-22H;1-8H. The molecule has 0 radical (unpaired) electrons. The maximum Gasteiger partial charge on any atom is 0.488 e. The molecular formula is C86H54BBr2N7O2. The molecule has 0 aliphatic heterocycles. The summed E-state index contributed by atoms with van der Waals surface area (Å²) in [7, 11) is -1.46. The van der Waals surface area contributed by atoms with Gasteiger partial charge in [0, 0.05) is 105 Å². The van der Waals surface area contributed by atoms with Gasteiger partial charge in [-0.15, -0.1) is 0 Å². The summed E-state index contributed by atoms with van der Waals surface area (Å²) in [6, 6.07) is 102. The van der Waals surface area contributed by atoms with Gasteiger partial charge in [0.15, 0.2) is 0 Å². The van der Waals surface area contributed by atoms with Gasteiger partial charge in [0.05, 0.1) is 55.2 Å². The van der Waals surface area contributed by atoms with Gasteiger partial charge >= 0.3 is 7.12 Å². The summed E-state index contributed by atoms with van der Waals surface area (Å²) in [6.45, 7) is 0. The Morgan fingerprint density at radius 1 is 0.235 bits per heavy atom. The number of hydrogen-bond acceptors (Lipinski definition) is 6. The molecule has 0 atom stereocenters. The molecule has 98 heavy (non-hydrogen) atoms. The van der Waals surface area contributed by atoms with Crippen molar-refractivity contribution in [1.29, 1.82) is 0 Å². The SMILES string of the molecule is Brc1ccc2c(c1)c1cc(Br)ccc1c1nccnc21.OB(O)c1cccc(-n2c3ccccc3c3ccccc32)c1.c1cc(-c2ccc3c(c2)c2cc(-c4cccc(-n5c6ccccc6c6ccccc65)c4)ccc2c2nccnc32)cc(-n2c3ccccc3c3ccccc32)c1. The van der Waals surface area contributed by atoms with Gasteiger partial charge in [-0.1, -0.05) is 214 Å². The molecule has 20 rings (SSSR count). The second-order valence-corrected chi connectivity index (χ2v) is 26.4. The Balaban J connectivity index is 0.000000134. The topological polar surface area (TPSA) is 107 Å². The van der Waals surface area contributed by atoms with Gasteiger partial charge in [-0.05, 0) is 158 Å². The van der Waals surface area contributed by atoms with Crippen molar-refractivity contribution < 1.29 is 10.0 Å². The molecule has 0 unspecified atom stereocenters. The minimum Gasteiger partial charge on any atom is -0.423 e. The normalized spacial score (nSPS) is 11.7. The van der Waals surface area contributed by atoms with E-state index in [9.17, 15) is 10.0 Å². The van der Waals surface area contributed by atoms with Gasteiger partial charge in [0.2, 0.25) is 0 Å². The van der Waals surface area contributed by atoms with E-state index in [1.807, 2.05) is 54.6 Å². The van der Waals surface area contributed by atoms with E-state index < -0.39 is 7.12 Å². The molecule has 5 aromatic heterocycles. The average molecular weight is 1390 g/mol. The highest BCUT2D eigenvalue weighted by atomic mass is 79.9. The molecule has 0 saturated carbocycles. The third-order valence-electron chi connectivity index (χ3n) is 19.0. The fourth-order valence-corrected chi connectivity index (χ4v) is 15.5. The number of halogens is 2. The van der Waals surface area contributed by atoms with Crippen molar-refractivity contribution in [3.63, 3.8) is 0 Å². The van der Waals surface area contributed by atoms with E-state index in [2.05, 4.69) is 286 Å². The first kappa shape index (κ1) is 58.9. The third kappa shape index (κ3) is 9.98. The van der Waals surface area contributed by atoms with Crippen molar-refractivity contribution in [2.75, 3.05) is 0 Å². The maximum atomic E-state index is 9.42. The molecule has 20 aromatic rings. The second-order valence-electron chi connectivity index (χ2n) is 24.6. The number of para-hydroxylation sites is 6. The largest absolute Gasteiger partial charge is 0.488 e. The highest BCUT2D eigenvalue weighted by Crippen LogP contribution is 2.42. The summed E-state index contributed by atoms with van der Waals surface area (Å²) >= 11 is 7.11. The number of aromatic nitrogens is 7. The number of fused-ring (bicyclic) bond motifs is 21. The fraction of sp³-hybridized carbons (Fsp3) is 0.